The molecule has 0 saturated carbocycles. The van der Waals surface area contributed by atoms with E-state index in [0.29, 0.717) is 4.57 Å². The summed E-state index contributed by atoms with van der Waals surface area (Å²) in [6.07, 6.45) is -5.74. The zero-order valence-corrected chi connectivity index (χ0v) is 21.1. The smallest absolute Gasteiger partial charge is 0.403 e. The number of aryl methyl sites for hydroxylation is 1. The standard InChI is InChI=1S/C20H19F2N4O13P/c1-11-6-7-24(19(28)23-11)18-20(21,22)17(14(8-27)38-18)39-40(33,34-9-12-2-4-15(36-12)25(29)30)35-10-13-3-5-16(37-13)26(31)32/h2-7,14,17-18,27H,8-10H2,1H3/t14-,17-,18-/m1/s1. The first kappa shape index (κ1) is 29.1. The molecule has 1 saturated heterocycles. The van der Waals surface area contributed by atoms with Gasteiger partial charge in [-0.3, -0.25) is 38.4 Å². The number of aromatic nitrogens is 2. The highest BCUT2D eigenvalue weighted by molar-refractivity contribution is 7.48. The number of hydrogen-bond acceptors (Lipinski definition) is 14. The molecule has 0 radical (unpaired) electrons. The summed E-state index contributed by atoms with van der Waals surface area (Å²) in [4.78, 5) is 35.7. The van der Waals surface area contributed by atoms with Crippen molar-refractivity contribution in [2.75, 3.05) is 6.61 Å². The summed E-state index contributed by atoms with van der Waals surface area (Å²) in [5.41, 5.74) is -0.867. The molecule has 3 atom stereocenters. The summed E-state index contributed by atoms with van der Waals surface area (Å²) in [6, 6.07) is 5.31. The first-order chi connectivity index (χ1) is 18.8. The van der Waals surface area contributed by atoms with E-state index in [1.165, 1.54) is 13.0 Å². The maximum Gasteiger partial charge on any atom is 0.476 e. The highest BCUT2D eigenvalue weighted by atomic mass is 31.2. The predicted octanol–water partition coefficient (Wildman–Crippen LogP) is 3.01. The van der Waals surface area contributed by atoms with Crippen molar-refractivity contribution < 1.29 is 55.4 Å². The minimum atomic E-state index is -5.13. The quantitative estimate of drug-likeness (QED) is 0.181. The van der Waals surface area contributed by atoms with Crippen molar-refractivity contribution >= 4 is 19.6 Å². The number of aliphatic hydroxyl groups excluding tert-OH is 1. The lowest BCUT2D eigenvalue weighted by Gasteiger charge is -2.27. The minimum Gasteiger partial charge on any atom is -0.403 e. The number of rotatable bonds is 12. The van der Waals surface area contributed by atoms with Gasteiger partial charge in [0.1, 0.15) is 40.7 Å². The van der Waals surface area contributed by atoms with E-state index in [1.807, 2.05) is 0 Å². The number of alkyl halides is 2. The van der Waals surface area contributed by atoms with Crippen LogP contribution in [0.3, 0.4) is 0 Å². The van der Waals surface area contributed by atoms with Crippen molar-refractivity contribution in [2.24, 2.45) is 0 Å². The van der Waals surface area contributed by atoms with Gasteiger partial charge in [0.05, 0.1) is 18.7 Å². The molecule has 0 bridgehead atoms. The van der Waals surface area contributed by atoms with Crippen LogP contribution >= 0.6 is 7.82 Å². The number of ether oxygens (including phenoxy) is 1. The van der Waals surface area contributed by atoms with Gasteiger partial charge in [0.2, 0.25) is 6.23 Å². The van der Waals surface area contributed by atoms with Crippen LogP contribution in [0.1, 0.15) is 23.4 Å². The van der Waals surface area contributed by atoms with Crippen LogP contribution in [-0.4, -0.2) is 49.2 Å². The van der Waals surface area contributed by atoms with E-state index >= 15 is 8.78 Å². The van der Waals surface area contributed by atoms with Crippen molar-refractivity contribution in [1.29, 1.82) is 0 Å². The van der Waals surface area contributed by atoms with Crippen LogP contribution in [-0.2, 0) is 36.1 Å². The molecule has 3 aromatic heterocycles. The van der Waals surface area contributed by atoms with Gasteiger partial charge in [-0.2, -0.15) is 13.8 Å². The second kappa shape index (κ2) is 11.3. The predicted molar refractivity (Wildman–Crippen MR) is 122 cm³/mol. The molecule has 4 heterocycles. The molecule has 17 nitrogen and oxygen atoms in total. The fourth-order valence-electron chi connectivity index (χ4n) is 3.53. The molecule has 20 heteroatoms. The van der Waals surface area contributed by atoms with Gasteiger partial charge in [-0.25, -0.2) is 9.36 Å². The maximum atomic E-state index is 15.6. The van der Waals surface area contributed by atoms with Gasteiger partial charge in [0.15, 0.2) is 6.10 Å². The molecule has 0 aromatic carbocycles. The second-order valence-corrected chi connectivity index (χ2v) is 9.78. The van der Waals surface area contributed by atoms with Gasteiger partial charge in [-0.15, -0.1) is 0 Å². The molecule has 0 spiro atoms. The number of nitro groups is 2. The number of aliphatic hydroxyl groups is 1. The molecule has 216 valence electrons. The Labute approximate surface area is 220 Å². The summed E-state index contributed by atoms with van der Waals surface area (Å²) >= 11 is 0. The summed E-state index contributed by atoms with van der Waals surface area (Å²) < 4.78 is 75.2. The summed E-state index contributed by atoms with van der Waals surface area (Å²) in [5.74, 6) is -6.07. The Morgan fingerprint density at radius 1 is 1.07 bits per heavy atom. The Morgan fingerprint density at radius 2 is 1.62 bits per heavy atom. The summed E-state index contributed by atoms with van der Waals surface area (Å²) in [7, 11) is -5.13. The second-order valence-electron chi connectivity index (χ2n) is 8.16. The van der Waals surface area contributed by atoms with Crippen molar-refractivity contribution in [3.05, 3.63) is 84.5 Å². The van der Waals surface area contributed by atoms with Crippen LogP contribution in [0.5, 0.6) is 0 Å². The Balaban J connectivity index is 1.61. The third-order valence-electron chi connectivity index (χ3n) is 5.38. The van der Waals surface area contributed by atoms with E-state index in [0.717, 1.165) is 30.5 Å². The van der Waals surface area contributed by atoms with Crippen LogP contribution in [0, 0.1) is 27.2 Å². The third-order valence-corrected chi connectivity index (χ3v) is 6.76. The zero-order chi connectivity index (χ0) is 29.2. The van der Waals surface area contributed by atoms with E-state index < -0.39 is 79.3 Å². The van der Waals surface area contributed by atoms with Crippen molar-refractivity contribution in [3.63, 3.8) is 0 Å². The molecule has 0 amide bonds. The highest BCUT2D eigenvalue weighted by Crippen LogP contribution is 2.57. The Kier molecular flexibility index (Phi) is 8.24. The van der Waals surface area contributed by atoms with Gasteiger partial charge in [0, 0.05) is 11.9 Å². The minimum absolute atomic E-state index is 0.233. The Morgan fingerprint density at radius 3 is 2.08 bits per heavy atom. The van der Waals surface area contributed by atoms with Gasteiger partial charge >= 0.3 is 31.2 Å². The van der Waals surface area contributed by atoms with E-state index in [4.69, 9.17) is 27.1 Å². The molecule has 0 unspecified atom stereocenters. The highest BCUT2D eigenvalue weighted by Gasteiger charge is 2.63. The number of furan rings is 2. The molecule has 1 N–H and O–H groups in total. The van der Waals surface area contributed by atoms with E-state index in [1.54, 1.807) is 0 Å². The molecule has 1 aliphatic heterocycles. The van der Waals surface area contributed by atoms with Gasteiger partial charge in [-0.05, 0) is 25.1 Å². The van der Waals surface area contributed by atoms with Crippen LogP contribution in [0.4, 0.5) is 20.5 Å². The molecule has 0 aliphatic carbocycles. The van der Waals surface area contributed by atoms with Gasteiger partial charge < -0.3 is 18.7 Å². The maximum absolute atomic E-state index is 15.6. The fraction of sp³-hybridized carbons (Fsp3) is 0.400. The lowest BCUT2D eigenvalue weighted by atomic mass is 10.1. The van der Waals surface area contributed by atoms with E-state index in [2.05, 4.69) is 4.98 Å². The van der Waals surface area contributed by atoms with Crippen molar-refractivity contribution in [3.8, 4) is 0 Å². The monoisotopic (exact) mass is 592 g/mol. The average molecular weight is 592 g/mol. The molecule has 1 aliphatic rings. The number of nitrogens with zero attached hydrogens (tertiary/aromatic N) is 4. The van der Waals surface area contributed by atoms with Crippen LogP contribution < -0.4 is 5.69 Å². The van der Waals surface area contributed by atoms with E-state index in [-0.39, 0.29) is 17.2 Å². The topological polar surface area (TPSA) is 222 Å². The largest absolute Gasteiger partial charge is 0.476 e. The first-order valence-electron chi connectivity index (χ1n) is 11.1. The SMILES string of the molecule is Cc1ccn([C@@H]2O[C@H](CO)[C@@H](OP(=O)(OCc3ccc([N+](=O)[O-])o3)OCc3ccc([N+](=O)[O-])o3)C2(F)F)c(=O)n1. The molecular formula is C20H19F2N4O13P. The number of halogens is 2. The number of phosphoric ester groups is 1. The normalized spacial score (nSPS) is 20.6. The van der Waals surface area contributed by atoms with E-state index in [9.17, 15) is 34.7 Å². The van der Waals surface area contributed by atoms with Gasteiger partial charge in [0.25, 0.3) is 0 Å². The summed E-state index contributed by atoms with van der Waals surface area (Å²) in [6.45, 7) is -1.30. The van der Waals surface area contributed by atoms with Crippen molar-refractivity contribution in [1.82, 2.24) is 9.55 Å². The lowest BCUT2D eigenvalue weighted by molar-refractivity contribution is -0.402. The van der Waals surface area contributed by atoms with Crippen molar-refractivity contribution in [2.45, 2.75) is 44.5 Å². The van der Waals surface area contributed by atoms with Gasteiger partial charge in [-0.1, -0.05) is 0 Å². The average Bonchev–Trinajstić information content (AvgIpc) is 3.61. The van der Waals surface area contributed by atoms with Crippen LogP contribution in [0.15, 0.2) is 50.2 Å². The molecular weight excluding hydrogens is 573 g/mol. The number of phosphoric acid groups is 1. The fourth-order valence-corrected chi connectivity index (χ4v) is 4.85. The summed E-state index contributed by atoms with van der Waals surface area (Å²) in [5, 5.41) is 31.4. The lowest BCUT2D eigenvalue weighted by Crippen LogP contribution is -2.43. The molecule has 4 rings (SSSR count). The Bertz CT molecular complexity index is 1440. The Hall–Kier alpha value is -3.87. The molecule has 3 aromatic rings. The number of hydrogen-bond donors (Lipinski definition) is 1. The van der Waals surface area contributed by atoms with Crippen LogP contribution in [0.25, 0.3) is 0 Å². The molecule has 40 heavy (non-hydrogen) atoms. The zero-order valence-electron chi connectivity index (χ0n) is 20.2. The first-order valence-corrected chi connectivity index (χ1v) is 12.5. The van der Waals surface area contributed by atoms with Crippen LogP contribution in [0.2, 0.25) is 0 Å². The third kappa shape index (κ3) is 6.14. The molecule has 1 fully saturated rings.